The average Bonchev–Trinajstić information content (AvgIpc) is 2.98. The lowest BCUT2D eigenvalue weighted by Crippen LogP contribution is -2.41. The summed E-state index contributed by atoms with van der Waals surface area (Å²) in [4.78, 5) is 12.7. The monoisotopic (exact) mass is 356 g/mol. The first-order valence-electron chi connectivity index (χ1n) is 9.41. The molecule has 1 aromatic carbocycles. The molecule has 1 saturated carbocycles. The zero-order chi connectivity index (χ0) is 18.7. The van der Waals surface area contributed by atoms with Crippen molar-refractivity contribution in [2.45, 2.75) is 66.0 Å². The topological polar surface area (TPSA) is 64.4 Å². The lowest BCUT2D eigenvalue weighted by atomic mass is 9.86. The number of amides is 1. The number of aryl methyl sites for hydroxylation is 3. The minimum absolute atomic E-state index is 0.167. The van der Waals surface area contributed by atoms with Gasteiger partial charge in [-0.2, -0.15) is 0 Å². The van der Waals surface area contributed by atoms with Gasteiger partial charge in [-0.1, -0.05) is 37.1 Å². The summed E-state index contributed by atoms with van der Waals surface area (Å²) >= 11 is 0. The molecule has 2 aromatic rings. The molecule has 0 saturated heterocycles. The third-order valence-electron chi connectivity index (χ3n) is 5.34. The van der Waals surface area contributed by atoms with E-state index in [-0.39, 0.29) is 18.6 Å². The Kier molecular flexibility index (Phi) is 5.64. The number of nitrogens with zero attached hydrogens (tertiary/aromatic N) is 1. The maximum Gasteiger partial charge on any atom is 0.274 e. The normalized spacial score (nSPS) is 20.0. The molecule has 5 heteroatoms. The molecular weight excluding hydrogens is 328 g/mol. The summed E-state index contributed by atoms with van der Waals surface area (Å²) in [7, 11) is 0. The van der Waals surface area contributed by atoms with E-state index in [9.17, 15) is 4.79 Å². The molecule has 0 spiro atoms. The number of hydrogen-bond acceptors (Lipinski definition) is 4. The van der Waals surface area contributed by atoms with E-state index in [0.717, 1.165) is 36.1 Å². The van der Waals surface area contributed by atoms with Gasteiger partial charge in [0.15, 0.2) is 5.69 Å². The average molecular weight is 356 g/mol. The molecule has 2 unspecified atom stereocenters. The van der Waals surface area contributed by atoms with Crippen molar-refractivity contribution in [1.82, 2.24) is 10.5 Å². The van der Waals surface area contributed by atoms with Crippen molar-refractivity contribution in [3.63, 3.8) is 0 Å². The Balaban J connectivity index is 1.72. The van der Waals surface area contributed by atoms with Crippen LogP contribution in [0.2, 0.25) is 0 Å². The second-order valence-electron chi connectivity index (χ2n) is 7.47. The minimum atomic E-state index is -0.167. The van der Waals surface area contributed by atoms with Gasteiger partial charge in [0.2, 0.25) is 0 Å². The van der Waals surface area contributed by atoms with Crippen molar-refractivity contribution in [2.24, 2.45) is 5.92 Å². The second kappa shape index (κ2) is 7.94. The fraction of sp³-hybridized carbons (Fsp3) is 0.524. The number of rotatable bonds is 5. The summed E-state index contributed by atoms with van der Waals surface area (Å²) in [5.74, 6) is 1.77. The highest BCUT2D eigenvalue weighted by Crippen LogP contribution is 2.25. The Morgan fingerprint density at radius 3 is 2.81 bits per heavy atom. The van der Waals surface area contributed by atoms with Crippen LogP contribution >= 0.6 is 0 Å². The summed E-state index contributed by atoms with van der Waals surface area (Å²) in [6.07, 6.45) is 4.59. The van der Waals surface area contributed by atoms with Gasteiger partial charge in [-0.3, -0.25) is 4.79 Å². The van der Waals surface area contributed by atoms with Gasteiger partial charge in [-0.15, -0.1) is 0 Å². The van der Waals surface area contributed by atoms with Crippen LogP contribution < -0.4 is 10.1 Å². The van der Waals surface area contributed by atoms with Crippen molar-refractivity contribution < 1.29 is 14.1 Å². The Hall–Kier alpha value is -2.30. The molecule has 1 heterocycles. The van der Waals surface area contributed by atoms with Crippen LogP contribution in [0.5, 0.6) is 5.75 Å². The highest BCUT2D eigenvalue weighted by molar-refractivity contribution is 5.94. The van der Waals surface area contributed by atoms with Crippen molar-refractivity contribution in [2.75, 3.05) is 0 Å². The number of carbonyl (C=O) groups is 1. The number of ether oxygens (including phenoxy) is 1. The predicted molar refractivity (Wildman–Crippen MR) is 100 cm³/mol. The van der Waals surface area contributed by atoms with Crippen LogP contribution in [0.1, 0.15) is 65.5 Å². The Labute approximate surface area is 155 Å². The summed E-state index contributed by atoms with van der Waals surface area (Å²) in [6, 6.07) is 6.29. The van der Waals surface area contributed by atoms with Crippen LogP contribution in [0.15, 0.2) is 22.7 Å². The van der Waals surface area contributed by atoms with Gasteiger partial charge in [-0.25, -0.2) is 0 Å². The maximum absolute atomic E-state index is 12.7. The van der Waals surface area contributed by atoms with E-state index in [2.05, 4.69) is 23.5 Å². The van der Waals surface area contributed by atoms with E-state index in [1.54, 1.807) is 0 Å². The first-order chi connectivity index (χ1) is 12.5. The molecule has 140 valence electrons. The van der Waals surface area contributed by atoms with Gasteiger partial charge in [0.1, 0.15) is 18.1 Å². The second-order valence-corrected chi connectivity index (χ2v) is 7.47. The third-order valence-corrected chi connectivity index (χ3v) is 5.34. The molecule has 1 N–H and O–H groups in total. The largest absolute Gasteiger partial charge is 0.488 e. The van der Waals surface area contributed by atoms with Crippen molar-refractivity contribution in [1.29, 1.82) is 0 Å². The molecule has 3 rings (SSSR count). The first kappa shape index (κ1) is 18.5. The van der Waals surface area contributed by atoms with Crippen molar-refractivity contribution >= 4 is 5.91 Å². The van der Waals surface area contributed by atoms with E-state index in [4.69, 9.17) is 9.26 Å². The van der Waals surface area contributed by atoms with Crippen LogP contribution in [0, 0.1) is 26.7 Å². The summed E-state index contributed by atoms with van der Waals surface area (Å²) < 4.78 is 11.2. The molecule has 5 nitrogen and oxygen atoms in total. The lowest BCUT2D eigenvalue weighted by Gasteiger charge is -2.29. The zero-order valence-electron chi connectivity index (χ0n) is 16.1. The van der Waals surface area contributed by atoms with E-state index in [0.29, 0.717) is 22.9 Å². The van der Waals surface area contributed by atoms with E-state index >= 15 is 0 Å². The minimum Gasteiger partial charge on any atom is -0.488 e. The van der Waals surface area contributed by atoms with Gasteiger partial charge < -0.3 is 14.6 Å². The molecule has 1 amide bonds. The molecule has 0 bridgehead atoms. The van der Waals surface area contributed by atoms with Gasteiger partial charge in [-0.05, 0) is 56.7 Å². The van der Waals surface area contributed by atoms with Crippen LogP contribution in [-0.2, 0) is 6.61 Å². The number of benzene rings is 1. The molecule has 1 fully saturated rings. The standard InChI is InChI=1S/C21H28N2O3/c1-13-9-10-15(3)19(11-13)25-12-17-16(4)26-23-20(17)21(24)22-18-8-6-5-7-14(18)2/h9-11,14,18H,5-8,12H2,1-4H3,(H,22,24). The fourth-order valence-electron chi connectivity index (χ4n) is 3.52. The predicted octanol–water partition coefficient (Wildman–Crippen LogP) is 4.49. The number of aromatic nitrogens is 1. The zero-order valence-corrected chi connectivity index (χ0v) is 16.1. The van der Waals surface area contributed by atoms with Crippen LogP contribution in [0.25, 0.3) is 0 Å². The summed E-state index contributed by atoms with van der Waals surface area (Å²) in [6.45, 7) is 8.31. The van der Waals surface area contributed by atoms with Gasteiger partial charge in [0.05, 0.1) is 5.56 Å². The molecule has 0 aliphatic heterocycles. The SMILES string of the molecule is Cc1ccc(C)c(OCc2c(C(=O)NC3CCCCC3C)noc2C)c1. The van der Waals surface area contributed by atoms with Gasteiger partial charge in [0.25, 0.3) is 5.91 Å². The smallest absolute Gasteiger partial charge is 0.274 e. The maximum atomic E-state index is 12.7. The van der Waals surface area contributed by atoms with Crippen LogP contribution in [-0.4, -0.2) is 17.1 Å². The van der Waals surface area contributed by atoms with Crippen LogP contribution in [0.4, 0.5) is 0 Å². The molecule has 1 aromatic heterocycles. The van der Waals surface area contributed by atoms with E-state index < -0.39 is 0 Å². The summed E-state index contributed by atoms with van der Waals surface area (Å²) in [5, 5.41) is 7.13. The Morgan fingerprint density at radius 2 is 2.04 bits per heavy atom. The third kappa shape index (κ3) is 4.09. The molecule has 1 aliphatic carbocycles. The highest BCUT2D eigenvalue weighted by Gasteiger charge is 2.27. The van der Waals surface area contributed by atoms with Crippen molar-refractivity contribution in [3.8, 4) is 5.75 Å². The lowest BCUT2D eigenvalue weighted by molar-refractivity contribution is 0.0899. The summed E-state index contributed by atoms with van der Waals surface area (Å²) in [5.41, 5.74) is 3.25. The molecule has 1 aliphatic rings. The molecule has 2 atom stereocenters. The Morgan fingerprint density at radius 1 is 1.27 bits per heavy atom. The van der Waals surface area contributed by atoms with Crippen molar-refractivity contribution in [3.05, 3.63) is 46.3 Å². The highest BCUT2D eigenvalue weighted by atomic mass is 16.5. The Bertz CT molecular complexity index is 782. The number of nitrogens with one attached hydrogen (secondary N) is 1. The van der Waals surface area contributed by atoms with Gasteiger partial charge in [0, 0.05) is 6.04 Å². The number of carbonyl (C=O) groups excluding carboxylic acids is 1. The molecule has 0 radical (unpaired) electrons. The van der Waals surface area contributed by atoms with Gasteiger partial charge >= 0.3 is 0 Å². The fourth-order valence-corrected chi connectivity index (χ4v) is 3.52. The molecular formula is C21H28N2O3. The first-order valence-corrected chi connectivity index (χ1v) is 9.41. The quantitative estimate of drug-likeness (QED) is 0.857. The number of hydrogen-bond donors (Lipinski definition) is 1. The van der Waals surface area contributed by atoms with E-state index in [1.165, 1.54) is 6.42 Å². The molecule has 26 heavy (non-hydrogen) atoms. The van der Waals surface area contributed by atoms with Crippen LogP contribution in [0.3, 0.4) is 0 Å². The van der Waals surface area contributed by atoms with E-state index in [1.807, 2.05) is 32.9 Å².